The SMILES string of the molecule is CCCCCCCCCCCCCCCCCCCCCCC(=O)O[C@H](COC(=O)CCCCCCCCCCCCCCCCC)COP(=O)(O)OC[C@@H](O)COP(=O)(O)OC[C@@H](COC(=O)CCCCCCC)OC(=O)CCCCCCCCCCCCC(C)CC. The molecule has 6 atom stereocenters. The highest BCUT2D eigenvalue weighted by molar-refractivity contribution is 7.47. The first-order valence-corrected chi connectivity index (χ1v) is 42.2. The minimum Gasteiger partial charge on any atom is -0.462 e. The molecular formula is C75H146O17P2. The summed E-state index contributed by atoms with van der Waals surface area (Å²) in [7, 11) is -9.90. The molecule has 0 aliphatic rings. The van der Waals surface area contributed by atoms with E-state index in [9.17, 15) is 43.2 Å². The Hall–Kier alpha value is -1.94. The summed E-state index contributed by atoms with van der Waals surface area (Å²) in [5, 5.41) is 10.6. The number of unbranched alkanes of at least 4 members (excludes halogenated alkanes) is 46. The van der Waals surface area contributed by atoms with E-state index in [1.165, 1.54) is 212 Å². The van der Waals surface area contributed by atoms with Gasteiger partial charge in [-0.05, 0) is 31.6 Å². The van der Waals surface area contributed by atoms with Crippen LogP contribution < -0.4 is 0 Å². The topological polar surface area (TPSA) is 237 Å². The van der Waals surface area contributed by atoms with Crippen molar-refractivity contribution in [3.8, 4) is 0 Å². The molecule has 558 valence electrons. The first kappa shape index (κ1) is 92.1. The van der Waals surface area contributed by atoms with Crippen molar-refractivity contribution in [3.05, 3.63) is 0 Å². The maximum absolute atomic E-state index is 13.1. The monoisotopic (exact) mass is 1380 g/mol. The highest BCUT2D eigenvalue weighted by atomic mass is 31.2. The molecule has 0 radical (unpaired) electrons. The van der Waals surface area contributed by atoms with Crippen LogP contribution in [0.4, 0.5) is 0 Å². The lowest BCUT2D eigenvalue weighted by molar-refractivity contribution is -0.161. The van der Waals surface area contributed by atoms with Gasteiger partial charge in [0.05, 0.1) is 26.4 Å². The van der Waals surface area contributed by atoms with Crippen LogP contribution in [0.2, 0.25) is 0 Å². The van der Waals surface area contributed by atoms with E-state index < -0.39 is 97.5 Å². The number of phosphoric acid groups is 2. The largest absolute Gasteiger partial charge is 0.472 e. The van der Waals surface area contributed by atoms with Crippen LogP contribution in [0.3, 0.4) is 0 Å². The minimum atomic E-state index is -4.95. The molecular weight excluding hydrogens is 1230 g/mol. The summed E-state index contributed by atoms with van der Waals surface area (Å²) in [6.07, 6.45) is 57.3. The highest BCUT2D eigenvalue weighted by Crippen LogP contribution is 2.45. The number of hydrogen-bond acceptors (Lipinski definition) is 15. The second kappa shape index (κ2) is 68.2. The third-order valence-electron chi connectivity index (χ3n) is 17.9. The van der Waals surface area contributed by atoms with Crippen LogP contribution in [0.1, 0.15) is 394 Å². The van der Waals surface area contributed by atoms with Gasteiger partial charge in [0.1, 0.15) is 19.3 Å². The summed E-state index contributed by atoms with van der Waals surface area (Å²) in [5.74, 6) is -1.32. The second-order valence-corrected chi connectivity index (χ2v) is 30.2. The zero-order valence-corrected chi connectivity index (χ0v) is 62.9. The molecule has 0 aromatic rings. The van der Waals surface area contributed by atoms with Crippen LogP contribution in [0.15, 0.2) is 0 Å². The molecule has 0 bridgehead atoms. The summed E-state index contributed by atoms with van der Waals surface area (Å²) < 4.78 is 68.3. The summed E-state index contributed by atoms with van der Waals surface area (Å²) in [5.41, 5.74) is 0. The fraction of sp³-hybridized carbons (Fsp3) is 0.947. The van der Waals surface area contributed by atoms with Crippen molar-refractivity contribution >= 4 is 39.5 Å². The van der Waals surface area contributed by atoms with Gasteiger partial charge < -0.3 is 33.8 Å². The standard InChI is InChI=1S/C75H146O17P2/c1-6-10-13-16-18-20-22-24-26-27-28-29-30-32-34-36-41-45-50-55-60-75(80)92-71(65-86-73(78)59-54-49-44-40-35-33-31-25-23-21-19-17-14-11-7-2)67-90-94(83,84)88-63-69(76)62-87-93(81,82)89-66-70(64-85-72(77)58-53-47-15-12-8-3)91-74(79)61-56-51-46-42-38-37-39-43-48-52-57-68(5)9-4/h68-71,76H,6-67H2,1-5H3,(H,81,82)(H,83,84)/t68?,69-,70+,71+/m0/s1. The molecule has 0 rings (SSSR count). The Morgan fingerprint density at radius 1 is 0.298 bits per heavy atom. The van der Waals surface area contributed by atoms with Gasteiger partial charge in [0.15, 0.2) is 12.2 Å². The second-order valence-electron chi connectivity index (χ2n) is 27.3. The first-order valence-electron chi connectivity index (χ1n) is 39.2. The molecule has 0 aliphatic heterocycles. The molecule has 0 aliphatic carbocycles. The van der Waals surface area contributed by atoms with E-state index >= 15 is 0 Å². The Kier molecular flexibility index (Phi) is 66.8. The molecule has 0 saturated heterocycles. The van der Waals surface area contributed by atoms with Gasteiger partial charge in [0.25, 0.3) is 0 Å². The van der Waals surface area contributed by atoms with Crippen LogP contribution >= 0.6 is 15.6 Å². The maximum atomic E-state index is 13.1. The van der Waals surface area contributed by atoms with E-state index in [0.29, 0.717) is 25.7 Å². The molecule has 0 aromatic heterocycles. The van der Waals surface area contributed by atoms with E-state index in [-0.39, 0.29) is 25.7 Å². The average Bonchev–Trinajstić information content (AvgIpc) is 1.67. The van der Waals surface area contributed by atoms with Crippen LogP contribution in [-0.4, -0.2) is 96.7 Å². The maximum Gasteiger partial charge on any atom is 0.472 e. The summed E-state index contributed by atoms with van der Waals surface area (Å²) >= 11 is 0. The highest BCUT2D eigenvalue weighted by Gasteiger charge is 2.30. The van der Waals surface area contributed by atoms with Gasteiger partial charge in [-0.25, -0.2) is 9.13 Å². The third kappa shape index (κ3) is 67.3. The number of rotatable bonds is 75. The number of aliphatic hydroxyl groups excluding tert-OH is 1. The minimum absolute atomic E-state index is 0.106. The van der Waals surface area contributed by atoms with Gasteiger partial charge >= 0.3 is 39.5 Å². The van der Waals surface area contributed by atoms with Crippen molar-refractivity contribution in [3.63, 3.8) is 0 Å². The fourth-order valence-electron chi connectivity index (χ4n) is 11.5. The Balaban J connectivity index is 5.13. The van der Waals surface area contributed by atoms with Gasteiger partial charge in [-0.2, -0.15) is 0 Å². The molecule has 3 unspecified atom stereocenters. The fourth-order valence-corrected chi connectivity index (χ4v) is 13.1. The van der Waals surface area contributed by atoms with Gasteiger partial charge in [0.2, 0.25) is 0 Å². The number of hydrogen-bond donors (Lipinski definition) is 3. The van der Waals surface area contributed by atoms with Gasteiger partial charge in [-0.3, -0.25) is 37.3 Å². The Bertz CT molecular complexity index is 1810. The lowest BCUT2D eigenvalue weighted by Gasteiger charge is -2.21. The number of aliphatic hydroxyl groups is 1. The van der Waals surface area contributed by atoms with Crippen molar-refractivity contribution in [2.24, 2.45) is 5.92 Å². The van der Waals surface area contributed by atoms with Crippen LogP contribution in [0, 0.1) is 5.92 Å². The normalized spacial score (nSPS) is 14.3. The van der Waals surface area contributed by atoms with E-state index in [4.69, 9.17) is 37.0 Å². The molecule has 17 nitrogen and oxygen atoms in total. The predicted molar refractivity (Wildman–Crippen MR) is 382 cm³/mol. The smallest absolute Gasteiger partial charge is 0.462 e. The van der Waals surface area contributed by atoms with E-state index in [0.717, 1.165) is 102 Å². The number of ether oxygens (including phenoxy) is 4. The number of carbonyl (C=O) groups is 4. The molecule has 0 heterocycles. The van der Waals surface area contributed by atoms with E-state index in [1.807, 2.05) is 0 Å². The van der Waals surface area contributed by atoms with Crippen molar-refractivity contribution in [1.29, 1.82) is 0 Å². The zero-order valence-electron chi connectivity index (χ0n) is 61.1. The molecule has 0 fully saturated rings. The molecule has 19 heteroatoms. The molecule has 0 saturated carbocycles. The summed E-state index contributed by atoms with van der Waals surface area (Å²) in [4.78, 5) is 72.5. The van der Waals surface area contributed by atoms with Gasteiger partial charge in [-0.15, -0.1) is 0 Å². The van der Waals surface area contributed by atoms with E-state index in [1.54, 1.807) is 0 Å². The Morgan fingerprint density at radius 3 is 0.755 bits per heavy atom. The molecule has 94 heavy (non-hydrogen) atoms. The Labute approximate surface area is 575 Å². The number of phosphoric ester groups is 2. The first-order chi connectivity index (χ1) is 45.6. The van der Waals surface area contributed by atoms with Crippen LogP contribution in [0.25, 0.3) is 0 Å². The molecule has 0 aromatic carbocycles. The van der Waals surface area contributed by atoms with Crippen LogP contribution in [0.5, 0.6) is 0 Å². The predicted octanol–water partition coefficient (Wildman–Crippen LogP) is 22.1. The van der Waals surface area contributed by atoms with Crippen LogP contribution in [-0.2, 0) is 65.4 Å². The molecule has 0 spiro atoms. The quantitative estimate of drug-likeness (QED) is 0.0222. The number of esters is 4. The summed E-state index contributed by atoms with van der Waals surface area (Å²) in [6, 6.07) is 0. The van der Waals surface area contributed by atoms with Gasteiger partial charge in [0, 0.05) is 25.7 Å². The molecule has 3 N–H and O–H groups in total. The van der Waals surface area contributed by atoms with E-state index in [2.05, 4.69) is 34.6 Å². The summed E-state index contributed by atoms with van der Waals surface area (Å²) in [6.45, 7) is 7.22. The van der Waals surface area contributed by atoms with Crippen molar-refractivity contribution in [1.82, 2.24) is 0 Å². The van der Waals surface area contributed by atoms with Crippen molar-refractivity contribution < 1.29 is 80.2 Å². The Morgan fingerprint density at radius 2 is 0.511 bits per heavy atom. The molecule has 0 amide bonds. The third-order valence-corrected chi connectivity index (χ3v) is 19.8. The van der Waals surface area contributed by atoms with Crippen molar-refractivity contribution in [2.45, 2.75) is 412 Å². The zero-order chi connectivity index (χ0) is 69.1. The lowest BCUT2D eigenvalue weighted by atomic mass is 9.99. The van der Waals surface area contributed by atoms with Gasteiger partial charge in [-0.1, -0.05) is 343 Å². The van der Waals surface area contributed by atoms with Crippen molar-refractivity contribution in [2.75, 3.05) is 39.6 Å². The lowest BCUT2D eigenvalue weighted by Crippen LogP contribution is -2.30. The number of carbonyl (C=O) groups excluding carboxylic acids is 4. The average molecular weight is 1380 g/mol.